The van der Waals surface area contributed by atoms with Crippen LogP contribution in [-0.4, -0.2) is 46.4 Å². The van der Waals surface area contributed by atoms with Gasteiger partial charge in [0.05, 0.1) is 12.2 Å². The molecule has 0 radical (unpaired) electrons. The fourth-order valence-electron chi connectivity index (χ4n) is 2.72. The molecule has 0 bridgehead atoms. The standard InChI is InChI=1S/C17H22N6O/c1-12(24)23-8-6-14-15(11-23)20-17(22(2)3)21-16(14)19-10-13-5-4-7-18-9-13/h4-5,7,9H,6,8,10-11H2,1-3H3,(H,19,20,21). The molecule has 1 amide bonds. The topological polar surface area (TPSA) is 74.2 Å². The van der Waals surface area contributed by atoms with Crippen molar-refractivity contribution in [2.75, 3.05) is 30.9 Å². The Balaban J connectivity index is 1.89. The largest absolute Gasteiger partial charge is 0.366 e. The van der Waals surface area contributed by atoms with Gasteiger partial charge in [-0.3, -0.25) is 9.78 Å². The summed E-state index contributed by atoms with van der Waals surface area (Å²) in [5.74, 6) is 1.57. The van der Waals surface area contributed by atoms with E-state index in [0.717, 1.165) is 29.1 Å². The van der Waals surface area contributed by atoms with Gasteiger partial charge >= 0.3 is 0 Å². The Morgan fingerprint density at radius 3 is 2.88 bits per heavy atom. The van der Waals surface area contributed by atoms with Gasteiger partial charge in [-0.2, -0.15) is 4.98 Å². The molecule has 0 unspecified atom stereocenters. The van der Waals surface area contributed by atoms with Crippen LogP contribution in [0.5, 0.6) is 0 Å². The average molecular weight is 326 g/mol. The van der Waals surface area contributed by atoms with Crippen LogP contribution in [0.2, 0.25) is 0 Å². The zero-order chi connectivity index (χ0) is 17.1. The van der Waals surface area contributed by atoms with Crippen LogP contribution < -0.4 is 10.2 Å². The van der Waals surface area contributed by atoms with Crippen LogP contribution in [0.4, 0.5) is 11.8 Å². The number of amides is 1. The first kappa shape index (κ1) is 16.2. The molecule has 126 valence electrons. The first-order valence-corrected chi connectivity index (χ1v) is 8.00. The predicted molar refractivity (Wildman–Crippen MR) is 92.7 cm³/mol. The van der Waals surface area contributed by atoms with Gasteiger partial charge in [0.2, 0.25) is 11.9 Å². The van der Waals surface area contributed by atoms with E-state index in [1.807, 2.05) is 42.2 Å². The van der Waals surface area contributed by atoms with Gasteiger partial charge in [-0.15, -0.1) is 0 Å². The molecule has 0 saturated heterocycles. The third-order valence-electron chi connectivity index (χ3n) is 4.08. The Morgan fingerprint density at radius 2 is 2.21 bits per heavy atom. The quantitative estimate of drug-likeness (QED) is 0.917. The van der Waals surface area contributed by atoms with Crippen LogP contribution in [0.3, 0.4) is 0 Å². The molecule has 7 heteroatoms. The number of hydrogen-bond acceptors (Lipinski definition) is 6. The summed E-state index contributed by atoms with van der Waals surface area (Å²) in [6.07, 6.45) is 4.36. The Kier molecular flexibility index (Phi) is 4.59. The summed E-state index contributed by atoms with van der Waals surface area (Å²) in [5, 5.41) is 3.41. The van der Waals surface area contributed by atoms with Crippen LogP contribution in [0.25, 0.3) is 0 Å². The van der Waals surface area contributed by atoms with E-state index in [1.165, 1.54) is 0 Å². The summed E-state index contributed by atoms with van der Waals surface area (Å²) < 4.78 is 0. The van der Waals surface area contributed by atoms with Crippen molar-refractivity contribution in [2.45, 2.75) is 26.4 Å². The highest BCUT2D eigenvalue weighted by Crippen LogP contribution is 2.26. The molecule has 2 aromatic rings. The van der Waals surface area contributed by atoms with Crippen molar-refractivity contribution in [3.05, 3.63) is 41.3 Å². The molecule has 3 rings (SSSR count). The van der Waals surface area contributed by atoms with E-state index in [1.54, 1.807) is 13.1 Å². The third-order valence-corrected chi connectivity index (χ3v) is 4.08. The van der Waals surface area contributed by atoms with Crippen molar-refractivity contribution in [3.8, 4) is 0 Å². The molecular weight excluding hydrogens is 304 g/mol. The zero-order valence-corrected chi connectivity index (χ0v) is 14.3. The lowest BCUT2D eigenvalue weighted by atomic mass is 10.1. The second kappa shape index (κ2) is 6.82. The average Bonchev–Trinajstić information content (AvgIpc) is 2.59. The summed E-state index contributed by atoms with van der Waals surface area (Å²) in [5.41, 5.74) is 3.11. The Morgan fingerprint density at radius 1 is 1.38 bits per heavy atom. The SMILES string of the molecule is CC(=O)N1CCc2c(nc(N(C)C)nc2NCc2cccnc2)C1. The Bertz CT molecular complexity index is 731. The van der Waals surface area contributed by atoms with Crippen molar-refractivity contribution >= 4 is 17.7 Å². The predicted octanol–water partition coefficient (Wildman–Crippen LogP) is 1.45. The van der Waals surface area contributed by atoms with Gasteiger partial charge < -0.3 is 15.1 Å². The summed E-state index contributed by atoms with van der Waals surface area (Å²) in [6.45, 7) is 3.49. The number of hydrogen-bond donors (Lipinski definition) is 1. The molecule has 0 aliphatic carbocycles. The zero-order valence-electron chi connectivity index (χ0n) is 14.3. The van der Waals surface area contributed by atoms with Crippen molar-refractivity contribution < 1.29 is 4.79 Å². The molecule has 0 spiro atoms. The van der Waals surface area contributed by atoms with Crippen molar-refractivity contribution in [2.24, 2.45) is 0 Å². The lowest BCUT2D eigenvalue weighted by Gasteiger charge is -2.29. The van der Waals surface area contributed by atoms with Crippen LogP contribution in [0, 0.1) is 0 Å². The minimum absolute atomic E-state index is 0.0792. The molecule has 0 atom stereocenters. The van der Waals surface area contributed by atoms with E-state index >= 15 is 0 Å². The molecule has 2 aromatic heterocycles. The van der Waals surface area contributed by atoms with Gasteiger partial charge in [-0.05, 0) is 18.1 Å². The maximum absolute atomic E-state index is 11.7. The second-order valence-electron chi connectivity index (χ2n) is 6.10. The number of nitrogens with one attached hydrogen (secondary N) is 1. The lowest BCUT2D eigenvalue weighted by Crippen LogP contribution is -2.35. The minimum Gasteiger partial charge on any atom is -0.366 e. The normalized spacial score (nSPS) is 13.4. The molecule has 0 fully saturated rings. The maximum Gasteiger partial charge on any atom is 0.227 e. The number of carbonyl (C=O) groups excluding carboxylic acids is 1. The van der Waals surface area contributed by atoms with E-state index < -0.39 is 0 Å². The van der Waals surface area contributed by atoms with Crippen molar-refractivity contribution in [3.63, 3.8) is 0 Å². The fourth-order valence-corrected chi connectivity index (χ4v) is 2.72. The molecule has 3 heterocycles. The molecule has 1 aliphatic rings. The molecule has 0 saturated carbocycles. The van der Waals surface area contributed by atoms with Crippen LogP contribution in [-0.2, 0) is 24.3 Å². The molecule has 24 heavy (non-hydrogen) atoms. The van der Waals surface area contributed by atoms with E-state index in [0.29, 0.717) is 25.6 Å². The molecule has 1 N–H and O–H groups in total. The molecular formula is C17H22N6O. The van der Waals surface area contributed by atoms with Gasteiger partial charge in [0.25, 0.3) is 0 Å². The minimum atomic E-state index is 0.0792. The summed E-state index contributed by atoms with van der Waals surface area (Å²) in [4.78, 5) is 28.8. The number of nitrogens with zero attached hydrogens (tertiary/aromatic N) is 5. The number of carbonyl (C=O) groups is 1. The monoisotopic (exact) mass is 326 g/mol. The van der Waals surface area contributed by atoms with Crippen molar-refractivity contribution in [1.29, 1.82) is 0 Å². The summed E-state index contributed by atoms with van der Waals surface area (Å²) in [6, 6.07) is 3.94. The van der Waals surface area contributed by atoms with Gasteiger partial charge in [-0.25, -0.2) is 4.98 Å². The molecule has 7 nitrogen and oxygen atoms in total. The van der Waals surface area contributed by atoms with Crippen LogP contribution in [0.15, 0.2) is 24.5 Å². The number of aromatic nitrogens is 3. The van der Waals surface area contributed by atoms with Crippen LogP contribution >= 0.6 is 0 Å². The Hall–Kier alpha value is -2.70. The second-order valence-corrected chi connectivity index (χ2v) is 6.10. The molecule has 1 aliphatic heterocycles. The smallest absolute Gasteiger partial charge is 0.227 e. The van der Waals surface area contributed by atoms with Crippen molar-refractivity contribution in [1.82, 2.24) is 19.9 Å². The van der Waals surface area contributed by atoms with E-state index in [-0.39, 0.29) is 5.91 Å². The maximum atomic E-state index is 11.7. The summed E-state index contributed by atoms with van der Waals surface area (Å²) >= 11 is 0. The Labute approximate surface area is 141 Å². The third kappa shape index (κ3) is 3.45. The van der Waals surface area contributed by atoms with E-state index in [4.69, 9.17) is 0 Å². The fraction of sp³-hybridized carbons (Fsp3) is 0.412. The highest BCUT2D eigenvalue weighted by atomic mass is 16.2. The van der Waals surface area contributed by atoms with E-state index in [2.05, 4.69) is 20.3 Å². The first-order chi connectivity index (χ1) is 11.5. The highest BCUT2D eigenvalue weighted by Gasteiger charge is 2.24. The highest BCUT2D eigenvalue weighted by molar-refractivity contribution is 5.73. The molecule has 0 aromatic carbocycles. The van der Waals surface area contributed by atoms with Gasteiger partial charge in [0, 0.05) is 52.1 Å². The van der Waals surface area contributed by atoms with Gasteiger partial charge in [0.1, 0.15) is 5.82 Å². The van der Waals surface area contributed by atoms with Crippen LogP contribution in [0.1, 0.15) is 23.7 Å². The number of anilines is 2. The number of rotatable bonds is 4. The van der Waals surface area contributed by atoms with Gasteiger partial charge in [0.15, 0.2) is 0 Å². The number of fused-ring (bicyclic) bond motifs is 1. The lowest BCUT2D eigenvalue weighted by molar-refractivity contribution is -0.129. The summed E-state index contributed by atoms with van der Waals surface area (Å²) in [7, 11) is 3.83. The van der Waals surface area contributed by atoms with E-state index in [9.17, 15) is 4.79 Å². The first-order valence-electron chi connectivity index (χ1n) is 8.00. The number of pyridine rings is 1. The van der Waals surface area contributed by atoms with Gasteiger partial charge in [-0.1, -0.05) is 6.07 Å².